The first-order valence-corrected chi connectivity index (χ1v) is 15.0. The Bertz CT molecular complexity index is 1970. The molecule has 3 aromatic heterocycles. The van der Waals surface area contributed by atoms with E-state index in [0.29, 0.717) is 49.3 Å². The van der Waals surface area contributed by atoms with Gasteiger partial charge in [-0.25, -0.2) is 18.4 Å². The van der Waals surface area contributed by atoms with Crippen LogP contribution in [0.2, 0.25) is 0 Å². The third kappa shape index (κ3) is 5.65. The standard InChI is InChI=1S/C29H25N5O5S2/c1-15-11-17(5-7-19(15)26(30)35)23-8-9-24-28(32-23)40-29(33-24)34-27(36)22-14-31-16(2)12-20(22)21-13-18(41(4,37)38)6-10-25(21)39-3/h5-14H,1-4H3,(H2,30,35)(H,33,34,36). The molecule has 0 spiro atoms. The molecule has 0 saturated carbocycles. The van der Waals surface area contributed by atoms with Gasteiger partial charge in [0.25, 0.3) is 5.91 Å². The van der Waals surface area contributed by atoms with E-state index >= 15 is 0 Å². The second-order valence-corrected chi connectivity index (χ2v) is 12.4. The molecule has 10 nitrogen and oxygen atoms in total. The zero-order valence-corrected chi connectivity index (χ0v) is 24.2. The van der Waals surface area contributed by atoms with Gasteiger partial charge in [0.2, 0.25) is 5.91 Å². The fourth-order valence-corrected chi connectivity index (χ4v) is 5.87. The highest BCUT2D eigenvalue weighted by molar-refractivity contribution is 7.90. The normalized spacial score (nSPS) is 11.4. The summed E-state index contributed by atoms with van der Waals surface area (Å²) in [6.45, 7) is 3.58. The molecule has 0 aliphatic heterocycles. The number of primary amides is 1. The van der Waals surface area contributed by atoms with Gasteiger partial charge in [-0.3, -0.25) is 19.9 Å². The zero-order valence-electron chi connectivity index (χ0n) is 22.6. The Kier molecular flexibility index (Phi) is 7.28. The predicted octanol–water partition coefficient (Wildman–Crippen LogP) is 4.80. The molecule has 3 N–H and O–H groups in total. The number of thiazole rings is 1. The number of rotatable bonds is 7. The quantitative estimate of drug-likeness (QED) is 0.275. The van der Waals surface area contributed by atoms with Gasteiger partial charge in [-0.2, -0.15) is 0 Å². The van der Waals surface area contributed by atoms with E-state index in [1.807, 2.05) is 25.1 Å². The lowest BCUT2D eigenvalue weighted by molar-refractivity contribution is 0.0997. The molecule has 3 heterocycles. The van der Waals surface area contributed by atoms with Crippen molar-refractivity contribution in [2.45, 2.75) is 18.7 Å². The van der Waals surface area contributed by atoms with Crippen molar-refractivity contribution in [2.24, 2.45) is 5.73 Å². The van der Waals surface area contributed by atoms with Gasteiger partial charge in [0.1, 0.15) is 16.1 Å². The number of ether oxygens (including phenoxy) is 1. The summed E-state index contributed by atoms with van der Waals surface area (Å²) in [4.78, 5) is 39.3. The maximum Gasteiger partial charge on any atom is 0.259 e. The largest absolute Gasteiger partial charge is 0.496 e. The average Bonchev–Trinajstić information content (AvgIpc) is 3.33. The van der Waals surface area contributed by atoms with Crippen LogP contribution in [0.1, 0.15) is 32.0 Å². The number of pyridine rings is 2. The minimum atomic E-state index is -3.50. The monoisotopic (exact) mass is 587 g/mol. The zero-order chi connectivity index (χ0) is 29.5. The Labute approximate surface area is 240 Å². The second-order valence-electron chi connectivity index (χ2n) is 9.39. The molecule has 0 fully saturated rings. The minimum Gasteiger partial charge on any atom is -0.496 e. The van der Waals surface area contributed by atoms with Crippen molar-refractivity contribution in [2.75, 3.05) is 18.7 Å². The number of nitrogens with zero attached hydrogens (tertiary/aromatic N) is 3. The average molecular weight is 588 g/mol. The molecular formula is C29H25N5O5S2. The Morgan fingerprint density at radius 1 is 0.951 bits per heavy atom. The molecule has 0 atom stereocenters. The molecule has 5 rings (SSSR count). The lowest BCUT2D eigenvalue weighted by atomic mass is 9.99. The Balaban J connectivity index is 1.49. The number of nitrogens with two attached hydrogens (primary N) is 1. The van der Waals surface area contributed by atoms with Crippen molar-refractivity contribution in [3.8, 4) is 28.1 Å². The molecule has 41 heavy (non-hydrogen) atoms. The van der Waals surface area contributed by atoms with Gasteiger partial charge in [0.15, 0.2) is 15.0 Å². The van der Waals surface area contributed by atoms with E-state index in [4.69, 9.17) is 15.5 Å². The molecule has 5 aromatic rings. The number of amides is 2. The van der Waals surface area contributed by atoms with Crippen LogP contribution >= 0.6 is 11.3 Å². The molecule has 0 saturated heterocycles. The summed E-state index contributed by atoms with van der Waals surface area (Å²) in [6, 6.07) is 15.1. The van der Waals surface area contributed by atoms with E-state index in [2.05, 4.69) is 15.3 Å². The molecule has 2 amide bonds. The Hall–Kier alpha value is -4.68. The SMILES string of the molecule is COc1ccc(S(C)(=O)=O)cc1-c1cc(C)ncc1C(=O)Nc1nc2ccc(-c3ccc(C(N)=O)c(C)c3)nc2s1. The summed E-state index contributed by atoms with van der Waals surface area (Å²) in [5, 5.41) is 3.16. The maximum atomic E-state index is 13.5. The minimum absolute atomic E-state index is 0.0987. The van der Waals surface area contributed by atoms with Crippen LogP contribution in [0.15, 0.2) is 65.7 Å². The van der Waals surface area contributed by atoms with Crippen LogP contribution in [0.25, 0.3) is 32.7 Å². The maximum absolute atomic E-state index is 13.5. The number of benzene rings is 2. The van der Waals surface area contributed by atoms with Gasteiger partial charge in [0.05, 0.1) is 23.3 Å². The first-order valence-electron chi connectivity index (χ1n) is 12.3. The van der Waals surface area contributed by atoms with E-state index < -0.39 is 21.7 Å². The van der Waals surface area contributed by atoms with Crippen LogP contribution in [0, 0.1) is 13.8 Å². The molecule has 0 aliphatic rings. The van der Waals surface area contributed by atoms with Crippen molar-refractivity contribution < 1.29 is 22.7 Å². The highest BCUT2D eigenvalue weighted by atomic mass is 32.2. The highest BCUT2D eigenvalue weighted by Crippen LogP contribution is 2.35. The number of hydrogen-bond acceptors (Lipinski definition) is 9. The molecule has 208 valence electrons. The molecule has 0 bridgehead atoms. The number of fused-ring (bicyclic) bond motifs is 1. The van der Waals surface area contributed by atoms with Crippen molar-refractivity contribution in [1.29, 1.82) is 0 Å². The van der Waals surface area contributed by atoms with Crippen LogP contribution in [0.3, 0.4) is 0 Å². The number of carbonyl (C=O) groups excluding carboxylic acids is 2. The van der Waals surface area contributed by atoms with Gasteiger partial charge < -0.3 is 10.5 Å². The molecule has 12 heteroatoms. The number of carbonyl (C=O) groups is 2. The van der Waals surface area contributed by atoms with Gasteiger partial charge in [0, 0.05) is 40.4 Å². The van der Waals surface area contributed by atoms with E-state index in [0.717, 1.165) is 17.4 Å². The van der Waals surface area contributed by atoms with Crippen molar-refractivity contribution in [3.63, 3.8) is 0 Å². The van der Waals surface area contributed by atoms with Gasteiger partial charge in [-0.15, -0.1) is 0 Å². The summed E-state index contributed by atoms with van der Waals surface area (Å²) < 4.78 is 30.0. The molecule has 0 aliphatic carbocycles. The van der Waals surface area contributed by atoms with Crippen molar-refractivity contribution >= 4 is 48.5 Å². The third-order valence-electron chi connectivity index (χ3n) is 6.44. The number of anilines is 1. The van der Waals surface area contributed by atoms with Crippen LogP contribution in [0.4, 0.5) is 5.13 Å². The number of nitrogens with one attached hydrogen (secondary N) is 1. The van der Waals surface area contributed by atoms with Crippen molar-refractivity contribution in [1.82, 2.24) is 15.0 Å². The van der Waals surface area contributed by atoms with Gasteiger partial charge in [-0.05, 0) is 67.9 Å². The van der Waals surface area contributed by atoms with Gasteiger partial charge in [-0.1, -0.05) is 17.4 Å². The molecule has 0 radical (unpaired) electrons. The smallest absolute Gasteiger partial charge is 0.259 e. The highest BCUT2D eigenvalue weighted by Gasteiger charge is 2.21. The Morgan fingerprint density at radius 3 is 2.41 bits per heavy atom. The second kappa shape index (κ2) is 10.7. The first kappa shape index (κ1) is 27.9. The fourth-order valence-electron chi connectivity index (χ4n) is 4.39. The van der Waals surface area contributed by atoms with Crippen LogP contribution < -0.4 is 15.8 Å². The van der Waals surface area contributed by atoms with Crippen LogP contribution in [0.5, 0.6) is 5.75 Å². The fraction of sp³-hybridized carbons (Fsp3) is 0.138. The van der Waals surface area contributed by atoms with Crippen molar-refractivity contribution in [3.05, 3.63) is 83.2 Å². The van der Waals surface area contributed by atoms with Crippen LogP contribution in [-0.2, 0) is 9.84 Å². The van der Waals surface area contributed by atoms with E-state index in [-0.39, 0.29) is 10.5 Å². The topological polar surface area (TPSA) is 154 Å². The van der Waals surface area contributed by atoms with E-state index in [1.54, 1.807) is 31.2 Å². The summed E-state index contributed by atoms with van der Waals surface area (Å²) in [6.07, 6.45) is 2.56. The van der Waals surface area contributed by atoms with Gasteiger partial charge >= 0.3 is 0 Å². The predicted molar refractivity (Wildman–Crippen MR) is 158 cm³/mol. The van der Waals surface area contributed by atoms with E-state index in [1.165, 1.54) is 36.8 Å². The third-order valence-corrected chi connectivity index (χ3v) is 8.43. The molecule has 0 unspecified atom stereocenters. The number of methoxy groups -OCH3 is 1. The number of sulfone groups is 1. The number of aryl methyl sites for hydroxylation is 2. The summed E-state index contributed by atoms with van der Waals surface area (Å²) in [5.41, 5.74) is 10.5. The van der Waals surface area contributed by atoms with E-state index in [9.17, 15) is 18.0 Å². The lowest BCUT2D eigenvalue weighted by Gasteiger charge is -2.14. The Morgan fingerprint density at radius 2 is 1.73 bits per heavy atom. The number of hydrogen-bond donors (Lipinski definition) is 2. The molecular weight excluding hydrogens is 562 g/mol. The number of aromatic nitrogens is 3. The summed E-state index contributed by atoms with van der Waals surface area (Å²) >= 11 is 1.21. The summed E-state index contributed by atoms with van der Waals surface area (Å²) in [5.74, 6) is -0.557. The lowest BCUT2D eigenvalue weighted by Crippen LogP contribution is -2.14. The molecule has 2 aromatic carbocycles. The summed E-state index contributed by atoms with van der Waals surface area (Å²) in [7, 11) is -2.03. The van der Waals surface area contributed by atoms with Crippen LogP contribution in [-0.4, -0.2) is 48.5 Å². The first-order chi connectivity index (χ1) is 19.4.